The lowest BCUT2D eigenvalue weighted by atomic mass is 9.70. The molecule has 0 aromatic carbocycles. The summed E-state index contributed by atoms with van der Waals surface area (Å²) in [5, 5.41) is 8.64. The number of carbonyl (C=O) groups excluding carboxylic acids is 2. The molecule has 0 aromatic heterocycles. The van der Waals surface area contributed by atoms with Crippen molar-refractivity contribution >= 4 is 11.6 Å². The molecule has 1 aliphatic carbocycles. The Labute approximate surface area is 84.5 Å². The van der Waals surface area contributed by atoms with E-state index in [9.17, 15) is 9.59 Å². The van der Waals surface area contributed by atoms with E-state index < -0.39 is 5.41 Å². The molecule has 0 aromatic rings. The molecule has 1 fully saturated rings. The lowest BCUT2D eigenvalue weighted by molar-refractivity contribution is -0.143. The summed E-state index contributed by atoms with van der Waals surface area (Å²) in [5.74, 6) is 0.179. The van der Waals surface area contributed by atoms with E-state index in [1.165, 1.54) is 0 Å². The van der Waals surface area contributed by atoms with Crippen LogP contribution in [0.15, 0.2) is 0 Å². The minimum absolute atomic E-state index is 0.0895. The minimum Gasteiger partial charge on any atom is -0.396 e. The van der Waals surface area contributed by atoms with Gasteiger partial charge in [-0.2, -0.15) is 0 Å². The zero-order valence-corrected chi connectivity index (χ0v) is 8.71. The Morgan fingerprint density at radius 1 is 1.21 bits per heavy atom. The van der Waals surface area contributed by atoms with Crippen molar-refractivity contribution in [1.29, 1.82) is 0 Å². The summed E-state index contributed by atoms with van der Waals surface area (Å²) in [7, 11) is 0. The smallest absolute Gasteiger partial charge is 0.146 e. The number of aliphatic hydroxyl groups excluding tert-OH is 1. The molecule has 1 aliphatic rings. The Morgan fingerprint density at radius 3 is 2.29 bits per heavy atom. The van der Waals surface area contributed by atoms with Gasteiger partial charge in [-0.25, -0.2) is 0 Å². The molecule has 0 saturated heterocycles. The molecule has 0 heterocycles. The van der Waals surface area contributed by atoms with Gasteiger partial charge in [0.05, 0.1) is 5.41 Å². The van der Waals surface area contributed by atoms with E-state index in [-0.39, 0.29) is 18.2 Å². The molecule has 0 amide bonds. The van der Waals surface area contributed by atoms with E-state index in [4.69, 9.17) is 5.11 Å². The van der Waals surface area contributed by atoms with Gasteiger partial charge in [-0.05, 0) is 32.6 Å². The van der Waals surface area contributed by atoms with Crippen LogP contribution in [0.3, 0.4) is 0 Å². The fourth-order valence-electron chi connectivity index (χ4n) is 1.99. The van der Waals surface area contributed by atoms with Gasteiger partial charge in [-0.15, -0.1) is 0 Å². The normalized spacial score (nSPS) is 21.3. The Balaban J connectivity index is 2.58. The first-order valence-electron chi connectivity index (χ1n) is 5.29. The number of ketones is 2. The summed E-state index contributed by atoms with van der Waals surface area (Å²) in [5.41, 5.74) is -0.743. The molecule has 1 rings (SSSR count). The van der Waals surface area contributed by atoms with E-state index in [1.54, 1.807) is 6.92 Å². The highest BCUT2D eigenvalue weighted by molar-refractivity contribution is 6.08. The number of unbranched alkanes of at least 4 members (excludes halogenated alkanes) is 1. The van der Waals surface area contributed by atoms with Crippen LogP contribution in [0, 0.1) is 5.41 Å². The third kappa shape index (κ3) is 2.21. The third-order valence-electron chi connectivity index (χ3n) is 3.12. The number of aliphatic hydroxyl groups is 1. The number of rotatable bonds is 4. The number of hydrogen-bond donors (Lipinski definition) is 1. The lowest BCUT2D eigenvalue weighted by Gasteiger charge is -2.30. The van der Waals surface area contributed by atoms with Gasteiger partial charge in [0.15, 0.2) is 0 Å². The van der Waals surface area contributed by atoms with Crippen LogP contribution >= 0.6 is 0 Å². The second kappa shape index (κ2) is 4.69. The molecule has 3 heteroatoms. The van der Waals surface area contributed by atoms with Crippen molar-refractivity contribution in [2.24, 2.45) is 5.41 Å². The van der Waals surface area contributed by atoms with Gasteiger partial charge in [0.25, 0.3) is 0 Å². The molecule has 0 unspecified atom stereocenters. The van der Waals surface area contributed by atoms with Crippen molar-refractivity contribution in [2.45, 2.75) is 45.4 Å². The predicted molar refractivity (Wildman–Crippen MR) is 52.9 cm³/mol. The Hall–Kier alpha value is -0.700. The van der Waals surface area contributed by atoms with E-state index >= 15 is 0 Å². The highest BCUT2D eigenvalue weighted by Crippen LogP contribution is 2.34. The maximum atomic E-state index is 11.6. The fraction of sp³-hybridized carbons (Fsp3) is 0.818. The van der Waals surface area contributed by atoms with Gasteiger partial charge in [0.1, 0.15) is 11.6 Å². The first kappa shape index (κ1) is 11.4. The molecule has 14 heavy (non-hydrogen) atoms. The molecule has 80 valence electrons. The summed E-state index contributed by atoms with van der Waals surface area (Å²) in [6, 6.07) is 0. The molecule has 0 aliphatic heterocycles. The third-order valence-corrected chi connectivity index (χ3v) is 3.12. The highest BCUT2D eigenvalue weighted by atomic mass is 16.3. The molecular weight excluding hydrogens is 180 g/mol. The molecule has 1 saturated carbocycles. The van der Waals surface area contributed by atoms with Crippen molar-refractivity contribution in [3.63, 3.8) is 0 Å². The van der Waals surface area contributed by atoms with Crippen LogP contribution < -0.4 is 0 Å². The maximum Gasteiger partial charge on any atom is 0.146 e. The van der Waals surface area contributed by atoms with Crippen LogP contribution in [0.5, 0.6) is 0 Å². The van der Waals surface area contributed by atoms with Crippen molar-refractivity contribution in [3.8, 4) is 0 Å². The zero-order valence-electron chi connectivity index (χ0n) is 8.71. The molecule has 1 N–H and O–H groups in total. The second-order valence-electron chi connectivity index (χ2n) is 4.21. The van der Waals surface area contributed by atoms with E-state index in [1.807, 2.05) is 0 Å². The van der Waals surface area contributed by atoms with Gasteiger partial charge in [-0.3, -0.25) is 9.59 Å². The minimum atomic E-state index is -0.743. The van der Waals surface area contributed by atoms with Crippen LogP contribution in [0.2, 0.25) is 0 Å². The predicted octanol–water partition coefficient (Wildman–Crippen LogP) is 1.48. The zero-order chi connectivity index (χ0) is 10.6. The summed E-state index contributed by atoms with van der Waals surface area (Å²) in [4.78, 5) is 23.3. The van der Waals surface area contributed by atoms with Gasteiger partial charge in [-0.1, -0.05) is 0 Å². The fourth-order valence-corrected chi connectivity index (χ4v) is 1.99. The maximum absolute atomic E-state index is 11.6. The first-order valence-corrected chi connectivity index (χ1v) is 5.29. The average Bonchev–Trinajstić information content (AvgIpc) is 2.15. The molecular formula is C11H18O3. The van der Waals surface area contributed by atoms with Crippen molar-refractivity contribution in [1.82, 2.24) is 0 Å². The Morgan fingerprint density at radius 2 is 1.79 bits per heavy atom. The van der Waals surface area contributed by atoms with Gasteiger partial charge in [0.2, 0.25) is 0 Å². The molecule has 0 spiro atoms. The number of Topliss-reactive ketones (excluding diaryl/α,β-unsaturated/α-hetero) is 2. The molecule has 0 radical (unpaired) electrons. The van der Waals surface area contributed by atoms with Crippen LogP contribution in [0.25, 0.3) is 0 Å². The van der Waals surface area contributed by atoms with E-state index in [2.05, 4.69) is 0 Å². The van der Waals surface area contributed by atoms with Crippen LogP contribution in [-0.2, 0) is 9.59 Å². The van der Waals surface area contributed by atoms with Crippen LogP contribution in [0.1, 0.15) is 45.4 Å². The van der Waals surface area contributed by atoms with Crippen molar-refractivity contribution in [3.05, 3.63) is 0 Å². The van der Waals surface area contributed by atoms with E-state index in [0.29, 0.717) is 32.1 Å². The molecule has 0 atom stereocenters. The summed E-state index contributed by atoms with van der Waals surface area (Å²) >= 11 is 0. The average molecular weight is 198 g/mol. The summed E-state index contributed by atoms with van der Waals surface area (Å²) in [6.45, 7) is 1.90. The van der Waals surface area contributed by atoms with Crippen LogP contribution in [0.4, 0.5) is 0 Å². The molecule has 3 nitrogen and oxygen atoms in total. The highest BCUT2D eigenvalue weighted by Gasteiger charge is 2.41. The largest absolute Gasteiger partial charge is 0.396 e. The lowest BCUT2D eigenvalue weighted by Crippen LogP contribution is -2.39. The van der Waals surface area contributed by atoms with Gasteiger partial charge in [0, 0.05) is 19.4 Å². The monoisotopic (exact) mass is 198 g/mol. The summed E-state index contributed by atoms with van der Waals surface area (Å²) in [6.07, 6.45) is 3.84. The SMILES string of the molecule is CC1(CCCCO)C(=O)CCCC1=O. The quantitative estimate of drug-likeness (QED) is 0.550. The van der Waals surface area contributed by atoms with Crippen molar-refractivity contribution < 1.29 is 14.7 Å². The standard InChI is InChI=1S/C11H18O3/c1-11(7-2-3-8-12)9(13)5-4-6-10(11)14/h12H,2-8H2,1H3. The van der Waals surface area contributed by atoms with E-state index in [0.717, 1.165) is 6.42 Å². The van der Waals surface area contributed by atoms with Gasteiger partial charge < -0.3 is 5.11 Å². The first-order chi connectivity index (χ1) is 6.61. The number of hydrogen-bond acceptors (Lipinski definition) is 3. The van der Waals surface area contributed by atoms with Crippen LogP contribution in [-0.4, -0.2) is 23.3 Å². The number of carbonyl (C=O) groups is 2. The van der Waals surface area contributed by atoms with Gasteiger partial charge >= 0.3 is 0 Å². The summed E-state index contributed by atoms with van der Waals surface area (Å²) < 4.78 is 0. The topological polar surface area (TPSA) is 54.4 Å². The Bertz CT molecular complexity index is 217. The Kier molecular flexibility index (Phi) is 3.81. The second-order valence-corrected chi connectivity index (χ2v) is 4.21. The van der Waals surface area contributed by atoms with Crippen molar-refractivity contribution in [2.75, 3.05) is 6.61 Å². The molecule has 0 bridgehead atoms.